The van der Waals surface area contributed by atoms with Gasteiger partial charge in [0.25, 0.3) is 10.0 Å². The van der Waals surface area contributed by atoms with Crippen LogP contribution in [-0.4, -0.2) is 29.3 Å². The molecule has 1 aromatic heterocycles. The number of nitrogens with one attached hydrogen (secondary N) is 2. The van der Waals surface area contributed by atoms with Gasteiger partial charge in [-0.25, -0.2) is 22.0 Å². The van der Waals surface area contributed by atoms with Gasteiger partial charge in [-0.3, -0.25) is 4.79 Å². The van der Waals surface area contributed by atoms with Crippen molar-refractivity contribution in [1.82, 2.24) is 10.0 Å². The summed E-state index contributed by atoms with van der Waals surface area (Å²) in [7, 11) is -7.69. The third-order valence-electron chi connectivity index (χ3n) is 4.45. The lowest BCUT2D eigenvalue weighted by molar-refractivity contribution is -0.122. The fraction of sp³-hybridized carbons (Fsp3) is 0.150. The van der Waals surface area contributed by atoms with Crippen LogP contribution in [0.1, 0.15) is 17.2 Å². The van der Waals surface area contributed by atoms with Crippen molar-refractivity contribution in [2.24, 2.45) is 5.14 Å². The maximum absolute atomic E-state index is 12.9. The maximum Gasteiger partial charge on any atom is 0.251 e. The Morgan fingerprint density at radius 2 is 1.62 bits per heavy atom. The molecule has 0 bridgehead atoms. The van der Waals surface area contributed by atoms with Gasteiger partial charge in [0.05, 0.1) is 8.68 Å². The van der Waals surface area contributed by atoms with E-state index in [2.05, 4.69) is 26.0 Å². The number of halogens is 1. The minimum atomic E-state index is -3.92. The Morgan fingerprint density at radius 1 is 0.969 bits per heavy atom. The smallest absolute Gasteiger partial charge is 0.251 e. The van der Waals surface area contributed by atoms with Gasteiger partial charge in [-0.1, -0.05) is 42.5 Å². The topological polar surface area (TPSA) is 135 Å². The average molecular weight is 559 g/mol. The zero-order chi connectivity index (χ0) is 23.4. The summed E-state index contributed by atoms with van der Waals surface area (Å²) in [4.78, 5) is 12.9. The Bertz CT molecular complexity index is 1290. The summed E-state index contributed by atoms with van der Waals surface area (Å²) in [5, 5.41) is 7.83. The number of sulfonamides is 2. The summed E-state index contributed by atoms with van der Waals surface area (Å²) in [6, 6.07) is 16.5. The van der Waals surface area contributed by atoms with Gasteiger partial charge < -0.3 is 5.32 Å². The van der Waals surface area contributed by atoms with Crippen molar-refractivity contribution >= 4 is 53.2 Å². The number of carbonyl (C=O) groups excluding carboxylic acids is 1. The van der Waals surface area contributed by atoms with Gasteiger partial charge in [0.15, 0.2) is 0 Å². The monoisotopic (exact) mass is 557 g/mol. The van der Waals surface area contributed by atoms with Crippen molar-refractivity contribution in [1.29, 1.82) is 0 Å². The molecule has 2 aromatic carbocycles. The van der Waals surface area contributed by atoms with Crippen LogP contribution in [0, 0.1) is 0 Å². The van der Waals surface area contributed by atoms with E-state index in [0.717, 1.165) is 16.9 Å². The zero-order valence-corrected chi connectivity index (χ0v) is 20.6. The van der Waals surface area contributed by atoms with Crippen molar-refractivity contribution in [2.75, 3.05) is 6.54 Å². The van der Waals surface area contributed by atoms with E-state index in [9.17, 15) is 21.6 Å². The lowest BCUT2D eigenvalue weighted by atomic mass is 10.1. The summed E-state index contributed by atoms with van der Waals surface area (Å²) < 4.78 is 51.5. The van der Waals surface area contributed by atoms with Crippen LogP contribution in [-0.2, 0) is 31.3 Å². The maximum atomic E-state index is 12.9. The van der Waals surface area contributed by atoms with Gasteiger partial charge in [0.2, 0.25) is 15.9 Å². The van der Waals surface area contributed by atoms with Crippen LogP contribution in [0.4, 0.5) is 0 Å². The number of amides is 1. The Balaban J connectivity index is 1.70. The molecular formula is C20H20BrN3O5S3. The minimum Gasteiger partial charge on any atom is -0.354 e. The van der Waals surface area contributed by atoms with Crippen molar-refractivity contribution in [3.63, 3.8) is 0 Å². The number of carbonyl (C=O) groups is 1. The molecule has 8 nitrogen and oxygen atoms in total. The number of benzene rings is 2. The van der Waals surface area contributed by atoms with Crippen LogP contribution in [0.5, 0.6) is 0 Å². The van der Waals surface area contributed by atoms with Crippen molar-refractivity contribution < 1.29 is 21.6 Å². The van der Waals surface area contributed by atoms with Crippen LogP contribution in [0.2, 0.25) is 0 Å². The third-order valence-corrected chi connectivity index (χ3v) is 8.91. The number of nitrogens with two attached hydrogens (primary N) is 1. The fourth-order valence-corrected chi connectivity index (χ4v) is 6.58. The highest BCUT2D eigenvalue weighted by molar-refractivity contribution is 9.11. The van der Waals surface area contributed by atoms with Gasteiger partial charge in [-0.15, -0.1) is 11.3 Å². The highest BCUT2D eigenvalue weighted by Gasteiger charge is 2.28. The minimum absolute atomic E-state index is 0.00375. The summed E-state index contributed by atoms with van der Waals surface area (Å²) >= 11 is 4.29. The molecule has 3 rings (SSSR count). The normalized spacial score (nSPS) is 12.9. The van der Waals surface area contributed by atoms with E-state index in [1.54, 1.807) is 48.5 Å². The van der Waals surface area contributed by atoms with E-state index in [4.69, 9.17) is 5.14 Å². The molecule has 0 radical (unpaired) electrons. The van der Waals surface area contributed by atoms with E-state index >= 15 is 0 Å². The van der Waals surface area contributed by atoms with E-state index in [1.807, 2.05) is 0 Å². The van der Waals surface area contributed by atoms with Gasteiger partial charge in [0.1, 0.15) is 10.3 Å². The quantitative estimate of drug-likeness (QED) is 0.371. The molecule has 1 heterocycles. The first-order valence-electron chi connectivity index (χ1n) is 9.28. The largest absolute Gasteiger partial charge is 0.354 e. The van der Waals surface area contributed by atoms with Crippen LogP contribution in [0.15, 0.2) is 79.6 Å². The number of thiophene rings is 1. The Hall–Kier alpha value is -2.09. The molecule has 0 saturated heterocycles. The predicted molar refractivity (Wildman–Crippen MR) is 126 cm³/mol. The molecule has 170 valence electrons. The Kier molecular flexibility index (Phi) is 7.85. The van der Waals surface area contributed by atoms with Crippen LogP contribution in [0.25, 0.3) is 0 Å². The molecule has 0 aliphatic heterocycles. The number of hydrogen-bond donors (Lipinski definition) is 3. The number of primary sulfonamides is 1. The second-order valence-electron chi connectivity index (χ2n) is 6.75. The molecule has 0 spiro atoms. The summed E-state index contributed by atoms with van der Waals surface area (Å²) in [6.45, 7) is 0.225. The molecule has 12 heteroatoms. The molecule has 4 N–H and O–H groups in total. The lowest BCUT2D eigenvalue weighted by Gasteiger charge is -2.18. The Morgan fingerprint density at radius 3 is 2.19 bits per heavy atom. The molecule has 0 aliphatic rings. The second kappa shape index (κ2) is 10.2. The van der Waals surface area contributed by atoms with E-state index in [0.29, 0.717) is 15.8 Å². The standard InChI is InChI=1S/C20H20BrN3O5S3/c21-17-10-11-18(30-17)32(28,29)24-19(15-4-2-1-3-5-15)20(25)23-13-12-14-6-8-16(9-7-14)31(22,26)27/h1-11,19,24H,12-13H2,(H,23,25)(H2,22,26,27)/t19-/m0/s1. The SMILES string of the molecule is NS(=O)(=O)c1ccc(CCNC(=O)[C@@H](NS(=O)(=O)c2ccc(Br)s2)c2ccccc2)cc1. The Labute approximate surface area is 199 Å². The van der Waals surface area contributed by atoms with Crippen molar-refractivity contribution in [3.8, 4) is 0 Å². The highest BCUT2D eigenvalue weighted by Crippen LogP contribution is 2.27. The second-order valence-corrected chi connectivity index (χ2v) is 12.7. The molecule has 0 aliphatic carbocycles. The van der Waals surface area contributed by atoms with Crippen LogP contribution >= 0.6 is 27.3 Å². The first-order chi connectivity index (χ1) is 15.1. The highest BCUT2D eigenvalue weighted by atomic mass is 79.9. The van der Waals surface area contributed by atoms with Gasteiger partial charge >= 0.3 is 0 Å². The molecule has 0 saturated carbocycles. The first kappa shape index (κ1) is 24.6. The van der Waals surface area contributed by atoms with E-state index in [1.165, 1.54) is 18.2 Å². The van der Waals surface area contributed by atoms with Gasteiger partial charge in [-0.2, -0.15) is 4.72 Å². The first-order valence-corrected chi connectivity index (χ1v) is 13.9. The van der Waals surface area contributed by atoms with Crippen molar-refractivity contribution in [3.05, 3.63) is 81.6 Å². The third kappa shape index (κ3) is 6.47. The molecular weight excluding hydrogens is 538 g/mol. The molecule has 1 atom stereocenters. The summed E-state index contributed by atoms with van der Waals surface area (Å²) in [5.41, 5.74) is 1.29. The molecule has 1 amide bonds. The fourth-order valence-electron chi connectivity index (χ4n) is 2.85. The van der Waals surface area contributed by atoms with Gasteiger partial charge in [0, 0.05) is 6.54 Å². The molecule has 0 unspecified atom stereocenters. The average Bonchev–Trinajstić information content (AvgIpc) is 3.20. The molecule has 3 aromatic rings. The van der Waals surface area contributed by atoms with Gasteiger partial charge in [-0.05, 0) is 57.7 Å². The number of hydrogen-bond acceptors (Lipinski definition) is 6. The molecule has 0 fully saturated rings. The number of rotatable bonds is 9. The predicted octanol–water partition coefficient (Wildman–Crippen LogP) is 2.54. The van der Waals surface area contributed by atoms with E-state index < -0.39 is 32.0 Å². The van der Waals surface area contributed by atoms with Crippen molar-refractivity contribution in [2.45, 2.75) is 21.6 Å². The summed E-state index contributed by atoms with van der Waals surface area (Å²) in [5.74, 6) is -0.503. The van der Waals surface area contributed by atoms with E-state index in [-0.39, 0.29) is 15.6 Å². The van der Waals surface area contributed by atoms with Crippen LogP contribution < -0.4 is 15.2 Å². The zero-order valence-electron chi connectivity index (χ0n) is 16.6. The lowest BCUT2D eigenvalue weighted by Crippen LogP contribution is -2.40. The van der Waals surface area contributed by atoms with Crippen LogP contribution in [0.3, 0.4) is 0 Å². The molecule has 32 heavy (non-hydrogen) atoms. The summed E-state index contributed by atoms with van der Waals surface area (Å²) in [6.07, 6.45) is 0.419.